The topological polar surface area (TPSA) is 183 Å². The van der Waals surface area contributed by atoms with Gasteiger partial charge in [-0.1, -0.05) is 0 Å². The molecule has 0 aromatic heterocycles. The largest absolute Gasteiger partial charge is 1.00 e. The summed E-state index contributed by atoms with van der Waals surface area (Å²) >= 11 is 18.9. The molecule has 4 amide bonds. The van der Waals surface area contributed by atoms with Crippen molar-refractivity contribution in [3.8, 4) is 0 Å². The van der Waals surface area contributed by atoms with E-state index in [0.29, 0.717) is 55.1 Å². The number of likely N-dealkylation sites (tertiary alicyclic amines) is 2. The average molecular weight is 2070 g/mol. The summed E-state index contributed by atoms with van der Waals surface area (Å²) in [5.74, 6) is -5.61. The van der Waals surface area contributed by atoms with Crippen LogP contribution in [-0.2, 0) is 28.8 Å². The number of hydrogen-bond acceptors (Lipinski definition) is 7. The van der Waals surface area contributed by atoms with Crippen LogP contribution in [-0.4, -0.2) is 81.9 Å². The summed E-state index contributed by atoms with van der Waals surface area (Å²) in [7, 11) is -0.874. The van der Waals surface area contributed by atoms with Crippen molar-refractivity contribution in [2.75, 3.05) is 36.8 Å². The molecule has 2 fully saturated rings. The SMILES string of the molecule is CC(=O)C(=O)N1CC[C@H](C(=O)Nc2ccc(F)c(C)c2)C1.Cc1cc(NC(=O)[C@H]2CCN(C(=O)C(=O)O)C2)ccc1F.II(I)I(I)I.I[I-]I(I)I.S.S.[Li+].[OH-]. The van der Waals surface area contributed by atoms with Crippen LogP contribution in [0.5, 0.6) is 0 Å². The van der Waals surface area contributed by atoms with E-state index in [1.807, 2.05) is 0 Å². The van der Waals surface area contributed by atoms with E-state index >= 15 is 0 Å². The predicted molar refractivity (Wildman–Crippen MR) is 310 cm³/mol. The van der Waals surface area contributed by atoms with E-state index in [1.165, 1.54) is 42.2 Å². The number of carboxylic acid groups (broad SMARTS) is 1. The summed E-state index contributed by atoms with van der Waals surface area (Å²) in [6.07, 6.45) is 0.927. The van der Waals surface area contributed by atoms with Crippen LogP contribution >= 0.6 is 181 Å². The summed E-state index contributed by atoms with van der Waals surface area (Å²) < 4.78 is 26.3. The molecule has 2 aromatic carbocycles. The van der Waals surface area contributed by atoms with Gasteiger partial charge < -0.3 is 31.0 Å². The number of amides is 4. The molecule has 57 heavy (non-hydrogen) atoms. The Morgan fingerprint density at radius 3 is 1.33 bits per heavy atom. The Bertz CT molecular complexity index is 1520. The number of halogens is 13. The standard InChI is InChI=1S/C15H17FN2O3.C14H15FN2O4.I6.I5.Li.H2O.2H2S/c1-9-7-12(3-4-13(9)16)17-14(20)11-5-6-18(8-11)15(21)10(2)19;1-8-6-10(2-3-11(8)15)16-12(18)9-4-5-17(7-9)13(19)14(20)21;1-5(2)6(3)4;1-4-5(2)3;;;;/h3-4,7,11H,5-6,8H2,1-2H3,(H,17,20);2-3,6,9H,4-5,7H2,1H3,(H,16,18)(H,20,21);;;;3*1H2/q;;;-1;+1;;;/p-1/t11-;9-;;;;;;/m00....../s1. The van der Waals surface area contributed by atoms with Gasteiger partial charge in [-0.25, -0.2) is 13.6 Å². The van der Waals surface area contributed by atoms with Gasteiger partial charge in [-0.3, -0.25) is 24.0 Å². The third-order valence-electron chi connectivity index (χ3n) is 7.15. The number of anilines is 2. The minimum Gasteiger partial charge on any atom is -0.870 e. The van der Waals surface area contributed by atoms with E-state index in [4.69, 9.17) is 5.11 Å². The van der Waals surface area contributed by atoms with Gasteiger partial charge in [0.1, 0.15) is 11.6 Å². The van der Waals surface area contributed by atoms with Crippen LogP contribution in [0.3, 0.4) is 0 Å². The Labute approximate surface area is 449 Å². The molecular formula is C29H37F2I11LiN4O8S2-. The molecule has 0 bridgehead atoms. The number of nitrogens with one attached hydrogen (secondary N) is 2. The van der Waals surface area contributed by atoms with E-state index in [2.05, 4.69) is 141 Å². The molecule has 0 spiro atoms. The number of ketones is 1. The summed E-state index contributed by atoms with van der Waals surface area (Å²) in [4.78, 5) is 71.2. The molecule has 2 aromatic rings. The number of benzene rings is 2. The molecule has 4 rings (SSSR count). The van der Waals surface area contributed by atoms with E-state index in [1.54, 1.807) is 19.9 Å². The summed E-state index contributed by atoms with van der Waals surface area (Å²) in [5.41, 5.74) is 1.87. The van der Waals surface area contributed by atoms with Crippen molar-refractivity contribution in [3.05, 3.63) is 59.2 Å². The second-order valence-corrected chi connectivity index (χ2v) is 173. The van der Waals surface area contributed by atoms with Crippen molar-refractivity contribution in [2.24, 2.45) is 11.8 Å². The van der Waals surface area contributed by atoms with Crippen LogP contribution < -0.4 is 42.7 Å². The quantitative estimate of drug-likeness (QED) is 0.186. The second-order valence-electron chi connectivity index (χ2n) is 10.8. The summed E-state index contributed by atoms with van der Waals surface area (Å²) in [5, 5.41) is 14.0. The minimum atomic E-state index is -1.52. The number of Topliss-reactive ketones (excluding diaryl/α,β-unsaturated/α-hetero) is 1. The Morgan fingerprint density at radius 1 is 0.737 bits per heavy atom. The Balaban J connectivity index is -0.000000370. The summed E-state index contributed by atoms with van der Waals surface area (Å²) in [6.45, 7) is 5.39. The van der Waals surface area contributed by atoms with Crippen LogP contribution in [0.15, 0.2) is 36.4 Å². The molecule has 0 saturated carbocycles. The predicted octanol–water partition coefficient (Wildman–Crippen LogP) is 5.43. The molecule has 0 aliphatic carbocycles. The molecule has 0 radical (unpaired) electrons. The third-order valence-corrected chi connectivity index (χ3v) is 255. The third kappa shape index (κ3) is 27.8. The normalized spacial score (nSPS) is 15.5. The van der Waals surface area contributed by atoms with Gasteiger partial charge in [-0.2, -0.15) is 27.0 Å². The zero-order chi connectivity index (χ0) is 40.6. The van der Waals surface area contributed by atoms with Crippen molar-refractivity contribution >= 4 is 228 Å². The fourth-order valence-corrected chi connectivity index (χ4v) is 4.61. The first-order valence-corrected chi connectivity index (χ1v) is 71.1. The number of hydrogen-bond donors (Lipinski definition) is 3. The fraction of sp³-hybridized carbons (Fsp3) is 0.379. The van der Waals surface area contributed by atoms with Crippen LogP contribution in [0.4, 0.5) is 20.2 Å². The molecule has 12 nitrogen and oxygen atoms in total. The van der Waals surface area contributed by atoms with E-state index in [9.17, 15) is 37.5 Å². The Hall–Kier alpha value is 4.61. The number of carbonyl (C=O) groups excluding carboxylic acids is 5. The average Bonchev–Trinajstić information content (AvgIpc) is 3.79. The molecule has 2 saturated heterocycles. The number of carboxylic acids is 1. The first-order valence-electron chi connectivity index (χ1n) is 14.5. The number of carbonyl (C=O) groups is 6. The van der Waals surface area contributed by atoms with Gasteiger partial charge in [0, 0.05) is 44.5 Å². The number of aryl methyl sites for hydroxylation is 2. The first-order chi connectivity index (χ1) is 24.7. The molecule has 2 aliphatic heterocycles. The molecular weight excluding hydrogens is 2040 g/mol. The number of rotatable bonds is 7. The molecule has 2 heterocycles. The van der Waals surface area contributed by atoms with Gasteiger partial charge in [0.25, 0.3) is 5.91 Å². The fourth-order valence-electron chi connectivity index (χ4n) is 4.61. The number of aliphatic carboxylic acids is 1. The van der Waals surface area contributed by atoms with Gasteiger partial charge in [0.15, 0.2) is 0 Å². The van der Waals surface area contributed by atoms with Crippen LogP contribution in [0.1, 0.15) is 30.9 Å². The van der Waals surface area contributed by atoms with Crippen molar-refractivity contribution in [3.63, 3.8) is 0 Å². The van der Waals surface area contributed by atoms with Crippen molar-refractivity contribution in [1.82, 2.24) is 9.80 Å². The first kappa shape index (κ1) is 68.2. The maximum absolute atomic E-state index is 13.2. The van der Waals surface area contributed by atoms with E-state index in [0.717, 1.165) is 4.90 Å². The van der Waals surface area contributed by atoms with Crippen molar-refractivity contribution in [1.29, 1.82) is 0 Å². The molecule has 4 N–H and O–H groups in total. The maximum Gasteiger partial charge on any atom is 1.00 e. The second kappa shape index (κ2) is 36.7. The molecule has 326 valence electrons. The van der Waals surface area contributed by atoms with Crippen molar-refractivity contribution in [2.45, 2.75) is 33.6 Å². The molecule has 0 unspecified atom stereocenters. The van der Waals surface area contributed by atoms with E-state index < -0.39 is 29.5 Å². The molecule has 28 heteroatoms. The molecule has 2 atom stereocenters. The van der Waals surface area contributed by atoms with Gasteiger partial charge in [-0.15, -0.1) is 0 Å². The Kier molecular flexibility index (Phi) is 43.9. The van der Waals surface area contributed by atoms with Crippen molar-refractivity contribution < 1.29 is 80.2 Å². The smallest absolute Gasteiger partial charge is 0.870 e. The zero-order valence-electron chi connectivity index (χ0n) is 30.0. The van der Waals surface area contributed by atoms with Gasteiger partial charge in [0.2, 0.25) is 17.6 Å². The van der Waals surface area contributed by atoms with Gasteiger partial charge in [-0.05, 0) is 74.2 Å². The van der Waals surface area contributed by atoms with Crippen LogP contribution in [0, 0.1) is 37.3 Å². The van der Waals surface area contributed by atoms with Gasteiger partial charge >= 0.3 is 198 Å². The monoisotopic (exact) mass is 2070 g/mol. The van der Waals surface area contributed by atoms with Crippen LogP contribution in [0.2, 0.25) is 0 Å². The maximum atomic E-state index is 13.2. The Morgan fingerprint density at radius 2 is 1.07 bits per heavy atom. The van der Waals surface area contributed by atoms with E-state index in [-0.39, 0.29) is 124 Å². The van der Waals surface area contributed by atoms with Gasteiger partial charge in [0.05, 0.1) is 11.8 Å². The summed E-state index contributed by atoms with van der Waals surface area (Å²) in [6, 6.07) is 8.58. The number of nitrogens with zero attached hydrogens (tertiary/aromatic N) is 2. The minimum absolute atomic E-state index is 0. The zero-order valence-corrected chi connectivity index (χ0v) is 55.7. The van der Waals surface area contributed by atoms with Crippen LogP contribution in [0.25, 0.3) is 0 Å². The molecule has 2 aliphatic rings.